The molecular formula is C20H29FN4O. The monoisotopic (exact) mass is 360 g/mol. The van der Waals surface area contributed by atoms with Crippen molar-refractivity contribution in [3.8, 4) is 0 Å². The van der Waals surface area contributed by atoms with Crippen molar-refractivity contribution in [1.82, 2.24) is 19.8 Å². The molecule has 1 aromatic heterocycles. The van der Waals surface area contributed by atoms with Crippen molar-refractivity contribution >= 4 is 10.9 Å². The largest absolute Gasteiger partial charge is 0.313 e. The van der Waals surface area contributed by atoms with Crippen molar-refractivity contribution in [3.05, 3.63) is 40.2 Å². The lowest BCUT2D eigenvalue weighted by molar-refractivity contribution is 0.184. The first kappa shape index (κ1) is 19.0. The number of hydrogen-bond acceptors (Lipinski definition) is 4. The van der Waals surface area contributed by atoms with Crippen LogP contribution in [0.15, 0.2) is 23.0 Å². The number of rotatable bonds is 5. The predicted octanol–water partition coefficient (Wildman–Crippen LogP) is 3.08. The molecule has 0 amide bonds. The van der Waals surface area contributed by atoms with E-state index in [0.29, 0.717) is 23.5 Å². The first-order valence-electron chi connectivity index (χ1n) is 9.72. The van der Waals surface area contributed by atoms with E-state index in [1.807, 2.05) is 6.92 Å². The summed E-state index contributed by atoms with van der Waals surface area (Å²) in [5, 5.41) is 3.88. The number of fused-ring (bicyclic) bond motifs is 1. The number of benzene rings is 1. The molecule has 2 atom stereocenters. The smallest absolute Gasteiger partial charge is 0.261 e. The Morgan fingerprint density at radius 1 is 1.35 bits per heavy atom. The fraction of sp³-hybridized carbons (Fsp3) is 0.600. The van der Waals surface area contributed by atoms with Gasteiger partial charge in [0.15, 0.2) is 0 Å². The minimum Gasteiger partial charge on any atom is -0.313 e. The summed E-state index contributed by atoms with van der Waals surface area (Å²) in [5.41, 5.74) is 0.438. The second-order valence-corrected chi connectivity index (χ2v) is 7.17. The average molecular weight is 360 g/mol. The minimum atomic E-state index is -0.399. The van der Waals surface area contributed by atoms with Crippen LogP contribution in [0.1, 0.15) is 51.9 Å². The zero-order valence-electron chi connectivity index (χ0n) is 16.0. The number of hydrogen-bond donors (Lipinski definition) is 1. The summed E-state index contributed by atoms with van der Waals surface area (Å²) < 4.78 is 15.3. The number of nitrogens with one attached hydrogen (secondary N) is 1. The third-order valence-electron chi connectivity index (χ3n) is 5.30. The topological polar surface area (TPSA) is 50.2 Å². The van der Waals surface area contributed by atoms with Gasteiger partial charge in [-0.1, -0.05) is 13.3 Å². The molecule has 0 spiro atoms. The van der Waals surface area contributed by atoms with Gasteiger partial charge in [0.2, 0.25) is 0 Å². The average Bonchev–Trinajstić information content (AvgIpc) is 2.85. The van der Waals surface area contributed by atoms with Crippen molar-refractivity contribution in [2.24, 2.45) is 0 Å². The Morgan fingerprint density at radius 3 is 2.88 bits per heavy atom. The molecule has 0 saturated carbocycles. The van der Waals surface area contributed by atoms with E-state index < -0.39 is 5.82 Å². The van der Waals surface area contributed by atoms with Crippen LogP contribution in [0.25, 0.3) is 10.9 Å². The fourth-order valence-electron chi connectivity index (χ4n) is 3.86. The molecule has 1 N–H and O–H groups in total. The minimum absolute atomic E-state index is 0.106. The Bertz CT molecular complexity index is 819. The van der Waals surface area contributed by atoms with Crippen LogP contribution >= 0.6 is 0 Å². The summed E-state index contributed by atoms with van der Waals surface area (Å²) in [4.78, 5) is 20.2. The highest BCUT2D eigenvalue weighted by Gasteiger charge is 2.26. The van der Waals surface area contributed by atoms with Crippen LogP contribution in [0.4, 0.5) is 4.39 Å². The SMILES string of the molecule is CCCC(c1nc2ccc(F)cc2c(=O)n1CC)N1CCNC(C)CC1. The van der Waals surface area contributed by atoms with E-state index in [1.165, 1.54) is 12.1 Å². The molecule has 0 aliphatic carbocycles. The van der Waals surface area contributed by atoms with Gasteiger partial charge in [-0.05, 0) is 44.9 Å². The van der Waals surface area contributed by atoms with E-state index in [2.05, 4.69) is 24.1 Å². The Balaban J connectivity index is 2.09. The summed E-state index contributed by atoms with van der Waals surface area (Å²) in [7, 11) is 0. The molecule has 1 aromatic carbocycles. The van der Waals surface area contributed by atoms with Gasteiger partial charge in [0.25, 0.3) is 5.56 Å². The number of nitrogens with zero attached hydrogens (tertiary/aromatic N) is 3. The highest BCUT2D eigenvalue weighted by molar-refractivity contribution is 5.77. The van der Waals surface area contributed by atoms with Gasteiger partial charge in [-0.2, -0.15) is 0 Å². The van der Waals surface area contributed by atoms with E-state index in [4.69, 9.17) is 4.98 Å². The van der Waals surface area contributed by atoms with Gasteiger partial charge in [0.05, 0.1) is 16.9 Å². The van der Waals surface area contributed by atoms with Crippen LogP contribution in [0.3, 0.4) is 0 Å². The molecular weight excluding hydrogens is 331 g/mol. The molecule has 2 aromatic rings. The molecule has 2 heterocycles. The normalized spacial score (nSPS) is 20.2. The van der Waals surface area contributed by atoms with Gasteiger partial charge in [-0.25, -0.2) is 9.37 Å². The highest BCUT2D eigenvalue weighted by atomic mass is 19.1. The fourth-order valence-corrected chi connectivity index (χ4v) is 3.86. The van der Waals surface area contributed by atoms with Crippen molar-refractivity contribution < 1.29 is 4.39 Å². The maximum Gasteiger partial charge on any atom is 0.261 e. The summed E-state index contributed by atoms with van der Waals surface area (Å²) in [6, 6.07) is 4.90. The lowest BCUT2D eigenvalue weighted by Gasteiger charge is -2.31. The first-order chi connectivity index (χ1) is 12.5. The van der Waals surface area contributed by atoms with Gasteiger partial charge in [-0.15, -0.1) is 0 Å². The Morgan fingerprint density at radius 2 is 2.15 bits per heavy atom. The van der Waals surface area contributed by atoms with Gasteiger partial charge < -0.3 is 5.32 Å². The van der Waals surface area contributed by atoms with Crippen LogP contribution in [0.2, 0.25) is 0 Å². The first-order valence-corrected chi connectivity index (χ1v) is 9.72. The van der Waals surface area contributed by atoms with E-state index >= 15 is 0 Å². The number of aromatic nitrogens is 2. The molecule has 5 nitrogen and oxygen atoms in total. The predicted molar refractivity (Wildman–Crippen MR) is 103 cm³/mol. The zero-order chi connectivity index (χ0) is 18.7. The molecule has 0 bridgehead atoms. The Labute approximate surface area is 154 Å². The standard InChI is InChI=1S/C20H29FN4O/c1-4-6-18(24-11-9-14(3)22-10-12-24)19-23-17-8-7-15(21)13-16(17)20(26)25(19)5-2/h7-8,13-14,18,22H,4-6,9-12H2,1-3H3. The lowest BCUT2D eigenvalue weighted by atomic mass is 10.1. The van der Waals surface area contributed by atoms with Crippen molar-refractivity contribution in [3.63, 3.8) is 0 Å². The van der Waals surface area contributed by atoms with Crippen LogP contribution in [-0.4, -0.2) is 40.1 Å². The summed E-state index contributed by atoms with van der Waals surface area (Å²) in [5.74, 6) is 0.414. The highest BCUT2D eigenvalue weighted by Crippen LogP contribution is 2.26. The number of halogens is 1. The summed E-state index contributed by atoms with van der Waals surface area (Å²) in [6.07, 6.45) is 3.05. The zero-order valence-corrected chi connectivity index (χ0v) is 16.0. The molecule has 1 fully saturated rings. The van der Waals surface area contributed by atoms with Crippen LogP contribution < -0.4 is 10.9 Å². The van der Waals surface area contributed by atoms with Gasteiger partial charge in [-0.3, -0.25) is 14.3 Å². The maximum atomic E-state index is 13.6. The van der Waals surface area contributed by atoms with Gasteiger partial charge in [0.1, 0.15) is 11.6 Å². The van der Waals surface area contributed by atoms with Crippen molar-refractivity contribution in [2.45, 2.75) is 58.7 Å². The third kappa shape index (κ3) is 3.81. The van der Waals surface area contributed by atoms with E-state index in [9.17, 15) is 9.18 Å². The van der Waals surface area contributed by atoms with Gasteiger partial charge in [0, 0.05) is 32.2 Å². The molecule has 1 aliphatic heterocycles. The van der Waals surface area contributed by atoms with Crippen LogP contribution in [0, 0.1) is 5.82 Å². The van der Waals surface area contributed by atoms with E-state index in [1.54, 1.807) is 10.6 Å². The molecule has 26 heavy (non-hydrogen) atoms. The Hall–Kier alpha value is -1.79. The maximum absolute atomic E-state index is 13.6. The molecule has 142 valence electrons. The van der Waals surface area contributed by atoms with E-state index in [-0.39, 0.29) is 11.6 Å². The molecule has 1 saturated heterocycles. The second kappa shape index (κ2) is 8.27. The molecule has 1 aliphatic rings. The molecule has 6 heteroatoms. The lowest BCUT2D eigenvalue weighted by Crippen LogP contribution is -2.37. The van der Waals surface area contributed by atoms with Gasteiger partial charge >= 0.3 is 0 Å². The summed E-state index contributed by atoms with van der Waals surface area (Å²) >= 11 is 0. The quantitative estimate of drug-likeness (QED) is 0.890. The van der Waals surface area contributed by atoms with Crippen LogP contribution in [-0.2, 0) is 6.54 Å². The summed E-state index contributed by atoms with van der Waals surface area (Å²) in [6.45, 7) is 9.73. The Kier molecular flexibility index (Phi) is 6.04. The van der Waals surface area contributed by atoms with E-state index in [0.717, 1.165) is 44.7 Å². The third-order valence-corrected chi connectivity index (χ3v) is 5.30. The molecule has 0 radical (unpaired) electrons. The molecule has 3 rings (SSSR count). The second-order valence-electron chi connectivity index (χ2n) is 7.17. The van der Waals surface area contributed by atoms with Crippen molar-refractivity contribution in [1.29, 1.82) is 0 Å². The molecule has 2 unspecified atom stereocenters. The van der Waals surface area contributed by atoms with Crippen molar-refractivity contribution in [2.75, 3.05) is 19.6 Å². The van der Waals surface area contributed by atoms with Crippen LogP contribution in [0.5, 0.6) is 0 Å².